The van der Waals surface area contributed by atoms with E-state index in [1.807, 2.05) is 30.3 Å². The van der Waals surface area contributed by atoms with Gasteiger partial charge in [-0.05, 0) is 24.1 Å². The van der Waals surface area contributed by atoms with E-state index in [9.17, 15) is 5.11 Å². The Morgan fingerprint density at radius 1 is 1.54 bits per heavy atom. The van der Waals surface area contributed by atoms with E-state index in [-0.39, 0.29) is 0 Å². The number of halogens is 1. The van der Waals surface area contributed by atoms with Crippen LogP contribution in [0.2, 0.25) is 0 Å². The molecule has 68 valence electrons. The molecule has 0 aliphatic rings. The summed E-state index contributed by atoms with van der Waals surface area (Å²) < 4.78 is 0.945. The lowest BCUT2D eigenvalue weighted by atomic mass is 10.1. The Bertz CT molecular complexity index is 319. The molecule has 2 nitrogen and oxygen atoms in total. The first kappa shape index (κ1) is 10.2. The normalized spacial score (nSPS) is 12.1. The quantitative estimate of drug-likeness (QED) is 0.882. The number of nitriles is 1. The summed E-state index contributed by atoms with van der Waals surface area (Å²) in [5.74, 6) is 0. The molecule has 1 rings (SSSR count). The molecular weight excluding hydrogens is 230 g/mol. The molecule has 0 saturated carbocycles. The molecule has 1 N–H and O–H groups in total. The van der Waals surface area contributed by atoms with Crippen molar-refractivity contribution in [1.82, 2.24) is 0 Å². The maximum absolute atomic E-state index is 9.60. The van der Waals surface area contributed by atoms with Crippen molar-refractivity contribution in [2.75, 3.05) is 0 Å². The predicted octanol–water partition coefficient (Wildman–Crippen LogP) is 2.79. The van der Waals surface area contributed by atoms with Crippen molar-refractivity contribution in [3.8, 4) is 6.07 Å². The van der Waals surface area contributed by atoms with Gasteiger partial charge in [0, 0.05) is 10.9 Å². The fraction of sp³-hybridized carbons (Fsp3) is 0.300. The molecule has 0 aliphatic heterocycles. The summed E-state index contributed by atoms with van der Waals surface area (Å²) in [7, 11) is 0. The molecule has 0 saturated heterocycles. The fourth-order valence-electron chi connectivity index (χ4n) is 1.08. The molecular formula is C10H10BrNO. The summed E-state index contributed by atoms with van der Waals surface area (Å²) in [6, 6.07) is 9.50. The summed E-state index contributed by atoms with van der Waals surface area (Å²) in [6.07, 6.45) is 0.345. The van der Waals surface area contributed by atoms with Crippen molar-refractivity contribution in [3.63, 3.8) is 0 Å². The number of benzene rings is 1. The zero-order valence-corrected chi connectivity index (χ0v) is 8.66. The zero-order chi connectivity index (χ0) is 9.68. The maximum atomic E-state index is 9.60. The highest BCUT2D eigenvalue weighted by atomic mass is 79.9. The Morgan fingerprint density at radius 2 is 2.31 bits per heavy atom. The fourth-order valence-corrected chi connectivity index (χ4v) is 1.50. The van der Waals surface area contributed by atoms with E-state index in [0.717, 1.165) is 10.0 Å². The third kappa shape index (κ3) is 3.17. The van der Waals surface area contributed by atoms with Gasteiger partial charge in [0.2, 0.25) is 0 Å². The van der Waals surface area contributed by atoms with E-state index < -0.39 is 6.10 Å². The molecule has 0 fully saturated rings. The summed E-state index contributed by atoms with van der Waals surface area (Å²) >= 11 is 3.32. The van der Waals surface area contributed by atoms with E-state index in [4.69, 9.17) is 5.26 Å². The lowest BCUT2D eigenvalue weighted by Gasteiger charge is -2.08. The Hall–Kier alpha value is -0.850. The molecule has 1 unspecified atom stereocenters. The van der Waals surface area contributed by atoms with E-state index in [0.29, 0.717) is 12.8 Å². The van der Waals surface area contributed by atoms with Gasteiger partial charge in [-0.25, -0.2) is 0 Å². The number of hydrogen-bond donors (Lipinski definition) is 1. The SMILES string of the molecule is N#CCCC(O)c1cccc(Br)c1. The minimum Gasteiger partial charge on any atom is -0.388 e. The molecule has 0 spiro atoms. The molecule has 0 radical (unpaired) electrons. The van der Waals surface area contributed by atoms with Crippen molar-refractivity contribution in [3.05, 3.63) is 34.3 Å². The Kier molecular flexibility index (Phi) is 3.94. The third-order valence-electron chi connectivity index (χ3n) is 1.76. The van der Waals surface area contributed by atoms with Crippen LogP contribution in [0.4, 0.5) is 0 Å². The molecule has 0 heterocycles. The van der Waals surface area contributed by atoms with Crippen LogP contribution in [0.5, 0.6) is 0 Å². The second kappa shape index (κ2) is 5.00. The summed E-state index contributed by atoms with van der Waals surface area (Å²) in [4.78, 5) is 0. The van der Waals surface area contributed by atoms with Gasteiger partial charge in [0.05, 0.1) is 12.2 Å². The van der Waals surface area contributed by atoms with Gasteiger partial charge in [0.25, 0.3) is 0 Å². The second-order valence-electron chi connectivity index (χ2n) is 2.77. The molecule has 0 aliphatic carbocycles. The smallest absolute Gasteiger partial charge is 0.0800 e. The average molecular weight is 240 g/mol. The lowest BCUT2D eigenvalue weighted by Crippen LogP contribution is -1.96. The van der Waals surface area contributed by atoms with Gasteiger partial charge in [-0.2, -0.15) is 5.26 Å². The molecule has 1 atom stereocenters. The molecule has 1 aromatic rings. The Balaban J connectivity index is 2.66. The Morgan fingerprint density at radius 3 is 2.92 bits per heavy atom. The largest absolute Gasteiger partial charge is 0.388 e. The highest BCUT2D eigenvalue weighted by Gasteiger charge is 2.06. The first-order valence-corrected chi connectivity index (χ1v) is 4.84. The van der Waals surface area contributed by atoms with E-state index in [1.165, 1.54) is 0 Å². The molecule has 0 aromatic heterocycles. The van der Waals surface area contributed by atoms with Crippen molar-refractivity contribution in [1.29, 1.82) is 5.26 Å². The topological polar surface area (TPSA) is 44.0 Å². The molecule has 0 amide bonds. The van der Waals surface area contributed by atoms with Crippen LogP contribution >= 0.6 is 15.9 Å². The Labute approximate surface area is 85.9 Å². The maximum Gasteiger partial charge on any atom is 0.0800 e. The van der Waals surface area contributed by atoms with Crippen LogP contribution in [-0.2, 0) is 0 Å². The van der Waals surface area contributed by atoms with Crippen molar-refractivity contribution < 1.29 is 5.11 Å². The van der Waals surface area contributed by atoms with Gasteiger partial charge < -0.3 is 5.11 Å². The predicted molar refractivity (Wildman–Crippen MR) is 53.9 cm³/mol. The van der Waals surface area contributed by atoms with Gasteiger partial charge in [0.15, 0.2) is 0 Å². The molecule has 0 bridgehead atoms. The van der Waals surface area contributed by atoms with Crippen LogP contribution in [0, 0.1) is 11.3 Å². The highest BCUT2D eigenvalue weighted by molar-refractivity contribution is 9.10. The van der Waals surface area contributed by atoms with E-state index in [2.05, 4.69) is 15.9 Å². The summed E-state index contributed by atoms with van der Waals surface area (Å²) in [6.45, 7) is 0. The highest BCUT2D eigenvalue weighted by Crippen LogP contribution is 2.21. The lowest BCUT2D eigenvalue weighted by molar-refractivity contribution is 0.169. The van der Waals surface area contributed by atoms with E-state index >= 15 is 0 Å². The minimum absolute atomic E-state index is 0.383. The van der Waals surface area contributed by atoms with Gasteiger partial charge in [0.1, 0.15) is 0 Å². The summed E-state index contributed by atoms with van der Waals surface area (Å²) in [5.41, 5.74) is 0.852. The zero-order valence-electron chi connectivity index (χ0n) is 7.07. The standard InChI is InChI=1S/C10H10BrNO/c11-9-4-1-3-8(7-9)10(13)5-2-6-12/h1,3-4,7,10,13H,2,5H2. The van der Waals surface area contributed by atoms with Crippen molar-refractivity contribution in [2.24, 2.45) is 0 Å². The number of rotatable bonds is 3. The minimum atomic E-state index is -0.530. The molecule has 13 heavy (non-hydrogen) atoms. The van der Waals surface area contributed by atoms with Crippen LogP contribution < -0.4 is 0 Å². The number of nitrogens with zero attached hydrogens (tertiary/aromatic N) is 1. The van der Waals surface area contributed by atoms with Crippen LogP contribution in [-0.4, -0.2) is 5.11 Å². The first-order chi connectivity index (χ1) is 6.24. The van der Waals surface area contributed by atoms with Crippen LogP contribution in [0.25, 0.3) is 0 Å². The van der Waals surface area contributed by atoms with Crippen molar-refractivity contribution >= 4 is 15.9 Å². The molecule has 3 heteroatoms. The first-order valence-electron chi connectivity index (χ1n) is 4.04. The molecule has 1 aromatic carbocycles. The number of aliphatic hydroxyl groups excluding tert-OH is 1. The third-order valence-corrected chi connectivity index (χ3v) is 2.26. The number of aliphatic hydroxyl groups is 1. The van der Waals surface area contributed by atoms with Crippen LogP contribution in [0.15, 0.2) is 28.7 Å². The number of hydrogen-bond acceptors (Lipinski definition) is 2. The van der Waals surface area contributed by atoms with Crippen molar-refractivity contribution in [2.45, 2.75) is 18.9 Å². The van der Waals surface area contributed by atoms with Gasteiger partial charge in [-0.15, -0.1) is 0 Å². The van der Waals surface area contributed by atoms with Gasteiger partial charge in [-0.3, -0.25) is 0 Å². The monoisotopic (exact) mass is 239 g/mol. The van der Waals surface area contributed by atoms with Gasteiger partial charge >= 0.3 is 0 Å². The van der Waals surface area contributed by atoms with Crippen LogP contribution in [0.3, 0.4) is 0 Å². The summed E-state index contributed by atoms with van der Waals surface area (Å²) in [5, 5.41) is 18.0. The average Bonchev–Trinajstić information content (AvgIpc) is 2.14. The van der Waals surface area contributed by atoms with Gasteiger partial charge in [-0.1, -0.05) is 28.1 Å². The van der Waals surface area contributed by atoms with E-state index in [1.54, 1.807) is 0 Å². The second-order valence-corrected chi connectivity index (χ2v) is 3.68. The van der Waals surface area contributed by atoms with Crippen LogP contribution in [0.1, 0.15) is 24.5 Å².